The zero-order valence-corrected chi connectivity index (χ0v) is 12.5. The number of benzene rings is 2. The number of carbonyl (C=O) groups is 1. The summed E-state index contributed by atoms with van der Waals surface area (Å²) in [4.78, 5) is 11.8. The van der Waals surface area contributed by atoms with E-state index in [9.17, 15) is 9.90 Å². The third-order valence-electron chi connectivity index (χ3n) is 3.55. The Morgan fingerprint density at radius 3 is 2.57 bits per heavy atom. The van der Waals surface area contributed by atoms with Crippen LogP contribution in [0.25, 0.3) is 0 Å². The topological polar surface area (TPSA) is 61.4 Å². The minimum absolute atomic E-state index is 0.0238. The fourth-order valence-corrected chi connectivity index (χ4v) is 2.28. The van der Waals surface area contributed by atoms with Crippen molar-refractivity contribution in [1.82, 2.24) is 5.32 Å². The third-order valence-corrected chi connectivity index (χ3v) is 3.55. The van der Waals surface area contributed by atoms with Crippen LogP contribution in [0.5, 0.6) is 5.75 Å². The lowest BCUT2D eigenvalue weighted by Gasteiger charge is -2.19. The molecule has 0 saturated carbocycles. The van der Waals surface area contributed by atoms with E-state index >= 15 is 0 Å². The van der Waals surface area contributed by atoms with E-state index in [0.717, 1.165) is 16.8 Å². The van der Waals surface area contributed by atoms with E-state index in [1.165, 1.54) is 0 Å². The molecule has 1 amide bonds. The van der Waals surface area contributed by atoms with Crippen molar-refractivity contribution in [2.45, 2.75) is 19.9 Å². The Bertz CT molecular complexity index is 653. The van der Waals surface area contributed by atoms with E-state index in [0.29, 0.717) is 5.56 Å². The monoisotopic (exact) mass is 284 g/mol. The predicted molar refractivity (Wildman–Crippen MR) is 84.7 cm³/mol. The van der Waals surface area contributed by atoms with Crippen molar-refractivity contribution >= 4 is 11.6 Å². The molecule has 1 atom stereocenters. The lowest BCUT2D eigenvalue weighted by molar-refractivity contribution is 0.0962. The van der Waals surface area contributed by atoms with Gasteiger partial charge in [-0.15, -0.1) is 0 Å². The Hall–Kier alpha value is -2.49. The highest BCUT2D eigenvalue weighted by Crippen LogP contribution is 2.25. The number of anilines is 1. The van der Waals surface area contributed by atoms with Crippen LogP contribution in [0.2, 0.25) is 0 Å². The molecule has 21 heavy (non-hydrogen) atoms. The maximum atomic E-state index is 11.8. The number of amides is 1. The van der Waals surface area contributed by atoms with E-state index < -0.39 is 0 Å². The minimum Gasteiger partial charge on any atom is -0.508 e. The van der Waals surface area contributed by atoms with Gasteiger partial charge in [-0.2, -0.15) is 0 Å². The third kappa shape index (κ3) is 3.34. The molecule has 0 aliphatic carbocycles. The Morgan fingerprint density at radius 2 is 1.90 bits per heavy atom. The van der Waals surface area contributed by atoms with Gasteiger partial charge in [-0.25, -0.2) is 0 Å². The summed E-state index contributed by atoms with van der Waals surface area (Å²) >= 11 is 0. The minimum atomic E-state index is -0.0961. The molecule has 2 rings (SSSR count). The second-order valence-corrected chi connectivity index (χ2v) is 5.02. The average molecular weight is 284 g/mol. The molecule has 0 fully saturated rings. The van der Waals surface area contributed by atoms with Crippen molar-refractivity contribution in [3.05, 3.63) is 59.2 Å². The van der Waals surface area contributed by atoms with E-state index in [1.807, 2.05) is 38.1 Å². The molecule has 4 nitrogen and oxygen atoms in total. The van der Waals surface area contributed by atoms with Crippen LogP contribution < -0.4 is 10.6 Å². The molecule has 2 aromatic carbocycles. The van der Waals surface area contributed by atoms with Gasteiger partial charge in [0.2, 0.25) is 0 Å². The molecular weight excluding hydrogens is 264 g/mol. The first kappa shape index (κ1) is 14.9. The fraction of sp³-hybridized carbons (Fsp3) is 0.235. The molecule has 2 aromatic rings. The highest BCUT2D eigenvalue weighted by Gasteiger charge is 2.12. The van der Waals surface area contributed by atoms with Gasteiger partial charge in [0.15, 0.2) is 0 Å². The second kappa shape index (κ2) is 6.31. The van der Waals surface area contributed by atoms with Crippen LogP contribution in [0.3, 0.4) is 0 Å². The summed E-state index contributed by atoms with van der Waals surface area (Å²) < 4.78 is 0. The van der Waals surface area contributed by atoms with Crippen molar-refractivity contribution in [2.24, 2.45) is 0 Å². The average Bonchev–Trinajstić information content (AvgIpc) is 2.48. The summed E-state index contributed by atoms with van der Waals surface area (Å²) in [6, 6.07) is 12.8. The molecule has 0 heterocycles. The maximum absolute atomic E-state index is 11.8. The van der Waals surface area contributed by atoms with Gasteiger partial charge in [0.05, 0.1) is 0 Å². The zero-order chi connectivity index (χ0) is 15.4. The van der Waals surface area contributed by atoms with Crippen LogP contribution in [-0.2, 0) is 0 Å². The predicted octanol–water partition coefficient (Wildman–Crippen LogP) is 3.23. The molecule has 0 radical (unpaired) electrons. The largest absolute Gasteiger partial charge is 0.508 e. The van der Waals surface area contributed by atoms with Gasteiger partial charge in [0, 0.05) is 24.3 Å². The zero-order valence-electron chi connectivity index (χ0n) is 12.5. The first-order chi connectivity index (χ1) is 10.0. The van der Waals surface area contributed by atoms with E-state index in [4.69, 9.17) is 0 Å². The number of hydrogen-bond acceptors (Lipinski definition) is 3. The van der Waals surface area contributed by atoms with E-state index in [2.05, 4.69) is 10.6 Å². The molecule has 3 N–H and O–H groups in total. The van der Waals surface area contributed by atoms with Gasteiger partial charge in [-0.1, -0.05) is 18.2 Å². The lowest BCUT2D eigenvalue weighted by Crippen LogP contribution is -2.19. The molecule has 0 aliphatic rings. The van der Waals surface area contributed by atoms with E-state index in [1.54, 1.807) is 25.2 Å². The lowest BCUT2D eigenvalue weighted by atomic mass is 10.0. The van der Waals surface area contributed by atoms with Crippen LogP contribution in [0.4, 0.5) is 5.69 Å². The summed E-state index contributed by atoms with van der Waals surface area (Å²) in [5.41, 5.74) is 3.46. The Labute approximate surface area is 124 Å². The number of hydrogen-bond donors (Lipinski definition) is 3. The summed E-state index contributed by atoms with van der Waals surface area (Å²) in [5, 5.41) is 15.6. The smallest absolute Gasteiger partial charge is 0.251 e. The highest BCUT2D eigenvalue weighted by molar-refractivity contribution is 5.96. The van der Waals surface area contributed by atoms with Crippen LogP contribution in [0.1, 0.15) is 34.5 Å². The van der Waals surface area contributed by atoms with Crippen LogP contribution in [0.15, 0.2) is 42.5 Å². The van der Waals surface area contributed by atoms with Gasteiger partial charge < -0.3 is 15.7 Å². The van der Waals surface area contributed by atoms with Gasteiger partial charge in [0.1, 0.15) is 5.75 Å². The van der Waals surface area contributed by atoms with Gasteiger partial charge >= 0.3 is 0 Å². The van der Waals surface area contributed by atoms with Crippen LogP contribution in [0, 0.1) is 6.92 Å². The van der Waals surface area contributed by atoms with Crippen LogP contribution >= 0.6 is 0 Å². The molecule has 110 valence electrons. The number of aromatic hydroxyl groups is 1. The second-order valence-electron chi connectivity index (χ2n) is 5.02. The number of carbonyl (C=O) groups excluding carboxylic acids is 1. The summed E-state index contributed by atoms with van der Waals surface area (Å²) in [6.07, 6.45) is 0. The standard InChI is InChI=1S/C17H20N2O2/c1-11-15(17(21)18-3)8-5-9-16(11)19-12(2)13-6-4-7-14(20)10-13/h4-10,12,19-20H,1-3H3,(H,18,21). The summed E-state index contributed by atoms with van der Waals surface area (Å²) in [5.74, 6) is 0.151. The first-order valence-corrected chi connectivity index (χ1v) is 6.90. The highest BCUT2D eigenvalue weighted by atomic mass is 16.3. The first-order valence-electron chi connectivity index (χ1n) is 6.90. The molecule has 0 aliphatic heterocycles. The Kier molecular flexibility index (Phi) is 4.48. The van der Waals surface area contributed by atoms with E-state index in [-0.39, 0.29) is 17.7 Å². The number of rotatable bonds is 4. The van der Waals surface area contributed by atoms with Gasteiger partial charge in [-0.05, 0) is 49.2 Å². The number of nitrogens with one attached hydrogen (secondary N) is 2. The van der Waals surface area contributed by atoms with Gasteiger partial charge in [0.25, 0.3) is 5.91 Å². The molecule has 0 spiro atoms. The molecule has 1 unspecified atom stereocenters. The Morgan fingerprint density at radius 1 is 1.19 bits per heavy atom. The van der Waals surface area contributed by atoms with Gasteiger partial charge in [-0.3, -0.25) is 4.79 Å². The fourth-order valence-electron chi connectivity index (χ4n) is 2.28. The number of phenols is 1. The number of phenolic OH excluding ortho intramolecular Hbond substituents is 1. The SMILES string of the molecule is CNC(=O)c1cccc(NC(C)c2cccc(O)c2)c1C. The maximum Gasteiger partial charge on any atom is 0.251 e. The molecule has 0 bridgehead atoms. The van der Waals surface area contributed by atoms with Crippen LogP contribution in [-0.4, -0.2) is 18.1 Å². The normalized spacial score (nSPS) is 11.8. The molecular formula is C17H20N2O2. The molecule has 0 aromatic heterocycles. The van der Waals surface area contributed by atoms with Crippen molar-refractivity contribution in [2.75, 3.05) is 12.4 Å². The summed E-state index contributed by atoms with van der Waals surface area (Å²) in [6.45, 7) is 3.93. The summed E-state index contributed by atoms with van der Waals surface area (Å²) in [7, 11) is 1.62. The quantitative estimate of drug-likeness (QED) is 0.807. The Balaban J connectivity index is 2.25. The molecule has 4 heteroatoms. The van der Waals surface area contributed by atoms with Crippen molar-refractivity contribution in [1.29, 1.82) is 0 Å². The van der Waals surface area contributed by atoms with Crippen molar-refractivity contribution < 1.29 is 9.90 Å². The molecule has 0 saturated heterocycles. The van der Waals surface area contributed by atoms with Crippen molar-refractivity contribution in [3.8, 4) is 5.75 Å². The van der Waals surface area contributed by atoms with Crippen molar-refractivity contribution in [3.63, 3.8) is 0 Å².